The third kappa shape index (κ3) is 2.13. The zero-order valence-corrected chi connectivity index (χ0v) is 12.8. The standard InChI is InChI=1S/C12H14BrN5O2/c1-6-9(13)8(17(2)15-6)5-18-11(7-3-4-7)10(12(19)20)14-16-18/h7H,3-5H2,1-2H3,(H,19,20). The van der Waals surface area contributed by atoms with Crippen molar-refractivity contribution in [3.05, 3.63) is 27.2 Å². The minimum absolute atomic E-state index is 0.0718. The number of hydrogen-bond acceptors (Lipinski definition) is 4. The monoisotopic (exact) mass is 339 g/mol. The van der Waals surface area contributed by atoms with Crippen LogP contribution in [0.25, 0.3) is 0 Å². The molecule has 0 spiro atoms. The van der Waals surface area contributed by atoms with Crippen LogP contribution in [-0.4, -0.2) is 35.9 Å². The van der Waals surface area contributed by atoms with E-state index in [1.165, 1.54) is 0 Å². The number of carbonyl (C=O) groups is 1. The smallest absolute Gasteiger partial charge is 0.358 e. The second-order valence-corrected chi connectivity index (χ2v) is 5.82. The molecule has 0 unspecified atom stereocenters. The van der Waals surface area contributed by atoms with Crippen LogP contribution in [0.2, 0.25) is 0 Å². The minimum Gasteiger partial charge on any atom is -0.476 e. The van der Waals surface area contributed by atoms with Crippen LogP contribution in [0.1, 0.15) is 46.3 Å². The molecule has 20 heavy (non-hydrogen) atoms. The molecule has 0 radical (unpaired) electrons. The maximum absolute atomic E-state index is 11.2. The molecule has 3 rings (SSSR count). The van der Waals surface area contributed by atoms with Gasteiger partial charge in [-0.15, -0.1) is 5.10 Å². The second-order valence-electron chi connectivity index (χ2n) is 5.03. The van der Waals surface area contributed by atoms with Crippen molar-refractivity contribution >= 4 is 21.9 Å². The Morgan fingerprint density at radius 3 is 2.70 bits per heavy atom. The molecule has 0 amide bonds. The van der Waals surface area contributed by atoms with Gasteiger partial charge in [-0.2, -0.15) is 5.10 Å². The third-order valence-corrected chi connectivity index (χ3v) is 4.53. The molecular weight excluding hydrogens is 326 g/mol. The fourth-order valence-corrected chi connectivity index (χ4v) is 2.81. The van der Waals surface area contributed by atoms with Crippen LogP contribution in [0.4, 0.5) is 0 Å². The summed E-state index contributed by atoms with van der Waals surface area (Å²) < 4.78 is 4.38. The fourth-order valence-electron chi connectivity index (χ4n) is 2.34. The summed E-state index contributed by atoms with van der Waals surface area (Å²) in [6.07, 6.45) is 2.00. The van der Waals surface area contributed by atoms with Gasteiger partial charge in [-0.3, -0.25) is 4.68 Å². The van der Waals surface area contributed by atoms with Gasteiger partial charge in [0.25, 0.3) is 0 Å². The van der Waals surface area contributed by atoms with Crippen LogP contribution in [0.5, 0.6) is 0 Å². The van der Waals surface area contributed by atoms with Gasteiger partial charge in [0.1, 0.15) is 0 Å². The molecule has 8 heteroatoms. The van der Waals surface area contributed by atoms with E-state index >= 15 is 0 Å². The molecular formula is C12H14BrN5O2. The average Bonchev–Trinajstić information content (AvgIpc) is 3.09. The molecule has 7 nitrogen and oxygen atoms in total. The maximum Gasteiger partial charge on any atom is 0.358 e. The zero-order valence-electron chi connectivity index (χ0n) is 11.2. The van der Waals surface area contributed by atoms with E-state index in [1.807, 2.05) is 14.0 Å². The number of aromatic nitrogens is 5. The van der Waals surface area contributed by atoms with E-state index in [9.17, 15) is 9.90 Å². The third-order valence-electron chi connectivity index (χ3n) is 3.50. The number of rotatable bonds is 4. The van der Waals surface area contributed by atoms with Crippen LogP contribution in [0, 0.1) is 6.92 Å². The van der Waals surface area contributed by atoms with Crippen LogP contribution >= 0.6 is 15.9 Å². The molecule has 1 aliphatic carbocycles. The molecule has 0 bridgehead atoms. The highest BCUT2D eigenvalue weighted by Gasteiger charge is 2.34. The highest BCUT2D eigenvalue weighted by Crippen LogP contribution is 2.41. The summed E-state index contributed by atoms with van der Waals surface area (Å²) in [5, 5.41) is 21.3. The largest absolute Gasteiger partial charge is 0.476 e. The minimum atomic E-state index is -1.02. The second kappa shape index (κ2) is 4.69. The summed E-state index contributed by atoms with van der Waals surface area (Å²) in [4.78, 5) is 11.2. The Balaban J connectivity index is 2.01. The van der Waals surface area contributed by atoms with Gasteiger partial charge in [0, 0.05) is 13.0 Å². The van der Waals surface area contributed by atoms with Crippen molar-refractivity contribution in [1.29, 1.82) is 0 Å². The Hall–Kier alpha value is -1.70. The van der Waals surface area contributed by atoms with Gasteiger partial charge >= 0.3 is 5.97 Å². The van der Waals surface area contributed by atoms with E-state index in [1.54, 1.807) is 9.36 Å². The van der Waals surface area contributed by atoms with Crippen LogP contribution in [0.3, 0.4) is 0 Å². The van der Waals surface area contributed by atoms with Gasteiger partial charge in [-0.05, 0) is 35.7 Å². The highest BCUT2D eigenvalue weighted by atomic mass is 79.9. The topological polar surface area (TPSA) is 85.8 Å². The first-order valence-corrected chi connectivity index (χ1v) is 7.13. The number of hydrogen-bond donors (Lipinski definition) is 1. The van der Waals surface area contributed by atoms with Gasteiger partial charge in [0.15, 0.2) is 5.69 Å². The Morgan fingerprint density at radius 1 is 1.50 bits per heavy atom. The Morgan fingerprint density at radius 2 is 2.20 bits per heavy atom. The lowest BCUT2D eigenvalue weighted by molar-refractivity contribution is 0.0689. The molecule has 0 atom stereocenters. The Labute approximate surface area is 123 Å². The van der Waals surface area contributed by atoms with Gasteiger partial charge in [-0.1, -0.05) is 5.21 Å². The molecule has 1 N–H and O–H groups in total. The lowest BCUT2D eigenvalue weighted by atomic mass is 10.2. The number of carboxylic acids is 1. The average molecular weight is 340 g/mol. The van der Waals surface area contributed by atoms with Gasteiger partial charge < -0.3 is 5.11 Å². The Kier molecular flexibility index (Phi) is 3.12. The van der Waals surface area contributed by atoms with Crippen LogP contribution in [0.15, 0.2) is 4.47 Å². The van der Waals surface area contributed by atoms with Crippen molar-refractivity contribution < 1.29 is 9.90 Å². The number of aromatic carboxylic acids is 1. The van der Waals surface area contributed by atoms with Crippen molar-refractivity contribution in [2.75, 3.05) is 0 Å². The van der Waals surface area contributed by atoms with Gasteiger partial charge in [-0.25, -0.2) is 9.48 Å². The summed E-state index contributed by atoms with van der Waals surface area (Å²) in [5.41, 5.74) is 2.64. The zero-order chi connectivity index (χ0) is 14.4. The van der Waals surface area contributed by atoms with Crippen LogP contribution in [-0.2, 0) is 13.6 Å². The predicted octanol–water partition coefficient (Wildman–Crippen LogP) is 1.71. The van der Waals surface area contributed by atoms with E-state index < -0.39 is 5.97 Å². The van der Waals surface area contributed by atoms with E-state index in [2.05, 4.69) is 31.3 Å². The van der Waals surface area contributed by atoms with Crippen molar-refractivity contribution in [3.63, 3.8) is 0 Å². The molecule has 2 aromatic heterocycles. The van der Waals surface area contributed by atoms with Crippen molar-refractivity contribution in [2.24, 2.45) is 7.05 Å². The fraction of sp³-hybridized carbons (Fsp3) is 0.500. The summed E-state index contributed by atoms with van der Waals surface area (Å²) in [5.74, 6) is -0.748. The normalized spacial score (nSPS) is 14.8. The van der Waals surface area contributed by atoms with Crippen molar-refractivity contribution in [1.82, 2.24) is 24.8 Å². The molecule has 0 aliphatic heterocycles. The predicted molar refractivity (Wildman–Crippen MR) is 73.7 cm³/mol. The van der Waals surface area contributed by atoms with E-state index in [-0.39, 0.29) is 11.6 Å². The quantitative estimate of drug-likeness (QED) is 0.916. The SMILES string of the molecule is Cc1nn(C)c(Cn2nnc(C(=O)O)c2C2CC2)c1Br. The van der Waals surface area contributed by atoms with Crippen molar-refractivity contribution in [3.8, 4) is 0 Å². The summed E-state index contributed by atoms with van der Waals surface area (Å²) in [6.45, 7) is 2.38. The molecule has 1 aliphatic rings. The number of aryl methyl sites for hydroxylation is 2. The van der Waals surface area contributed by atoms with E-state index in [0.717, 1.165) is 34.4 Å². The molecule has 1 saturated carbocycles. The maximum atomic E-state index is 11.2. The lowest BCUT2D eigenvalue weighted by Crippen LogP contribution is -2.11. The van der Waals surface area contributed by atoms with Crippen LogP contribution < -0.4 is 0 Å². The first kappa shape index (κ1) is 13.3. The molecule has 0 aromatic carbocycles. The molecule has 2 aromatic rings. The molecule has 0 saturated heterocycles. The molecule has 2 heterocycles. The van der Waals surface area contributed by atoms with Gasteiger partial charge in [0.2, 0.25) is 0 Å². The highest BCUT2D eigenvalue weighted by molar-refractivity contribution is 9.10. The lowest BCUT2D eigenvalue weighted by Gasteiger charge is -2.07. The first-order chi connectivity index (χ1) is 9.49. The summed E-state index contributed by atoms with van der Waals surface area (Å²) in [7, 11) is 1.86. The number of halogens is 1. The Bertz CT molecular complexity index is 686. The van der Waals surface area contributed by atoms with Crippen molar-refractivity contribution in [2.45, 2.75) is 32.2 Å². The number of carboxylic acid groups (broad SMARTS) is 1. The first-order valence-electron chi connectivity index (χ1n) is 6.33. The van der Waals surface area contributed by atoms with Gasteiger partial charge in [0.05, 0.1) is 28.1 Å². The van der Waals surface area contributed by atoms with E-state index in [0.29, 0.717) is 6.54 Å². The summed E-state index contributed by atoms with van der Waals surface area (Å²) >= 11 is 3.51. The summed E-state index contributed by atoms with van der Waals surface area (Å²) in [6, 6.07) is 0. The molecule has 1 fully saturated rings. The van der Waals surface area contributed by atoms with E-state index in [4.69, 9.17) is 0 Å². The number of nitrogens with zero attached hydrogens (tertiary/aromatic N) is 5. The molecule has 106 valence electrons.